The van der Waals surface area contributed by atoms with Gasteiger partial charge in [-0.2, -0.15) is 18.4 Å². The Morgan fingerprint density at radius 3 is 2.52 bits per heavy atom. The predicted octanol–water partition coefficient (Wildman–Crippen LogP) is 4.81. The van der Waals surface area contributed by atoms with Gasteiger partial charge in [-0.15, -0.1) is 0 Å². The summed E-state index contributed by atoms with van der Waals surface area (Å²) in [5, 5.41) is 12.3. The molecule has 1 fully saturated rings. The number of benzene rings is 1. The van der Waals surface area contributed by atoms with Gasteiger partial charge in [-0.25, -0.2) is 0 Å². The van der Waals surface area contributed by atoms with Crippen LogP contribution in [-0.2, 0) is 6.18 Å². The van der Waals surface area contributed by atoms with Crippen LogP contribution in [-0.4, -0.2) is 6.04 Å². The van der Waals surface area contributed by atoms with Crippen molar-refractivity contribution in [3.05, 3.63) is 29.3 Å². The lowest BCUT2D eigenvalue weighted by atomic mass is 9.79. The van der Waals surface area contributed by atoms with E-state index in [1.54, 1.807) is 0 Å². The molecule has 0 bridgehead atoms. The van der Waals surface area contributed by atoms with Gasteiger partial charge in [0.1, 0.15) is 6.07 Å². The first-order chi connectivity index (χ1) is 9.81. The maximum Gasteiger partial charge on any atom is 0.416 e. The van der Waals surface area contributed by atoms with E-state index in [9.17, 15) is 13.2 Å². The molecule has 2 rings (SSSR count). The van der Waals surface area contributed by atoms with E-state index in [0.29, 0.717) is 17.5 Å². The number of halogens is 3. The number of alkyl halides is 3. The molecule has 3 atom stereocenters. The highest BCUT2D eigenvalue weighted by Gasteiger charge is 2.31. The minimum absolute atomic E-state index is 0.0515. The van der Waals surface area contributed by atoms with Gasteiger partial charge in [0.05, 0.1) is 16.8 Å². The molecule has 1 aliphatic rings. The van der Waals surface area contributed by atoms with E-state index in [2.05, 4.69) is 19.2 Å². The van der Waals surface area contributed by atoms with E-state index < -0.39 is 11.7 Å². The molecule has 21 heavy (non-hydrogen) atoms. The molecule has 3 unspecified atom stereocenters. The van der Waals surface area contributed by atoms with Crippen molar-refractivity contribution in [2.24, 2.45) is 11.8 Å². The van der Waals surface area contributed by atoms with Crippen LogP contribution in [0, 0.1) is 23.2 Å². The first kappa shape index (κ1) is 15.7. The quantitative estimate of drug-likeness (QED) is 0.849. The molecule has 0 radical (unpaired) electrons. The fraction of sp³-hybridized carbons (Fsp3) is 0.562. The molecule has 0 spiro atoms. The Bertz CT molecular complexity index is 545. The summed E-state index contributed by atoms with van der Waals surface area (Å²) in [7, 11) is 0. The van der Waals surface area contributed by atoms with Gasteiger partial charge in [-0.05, 0) is 49.3 Å². The number of hydrogen-bond donors (Lipinski definition) is 1. The predicted molar refractivity (Wildman–Crippen MR) is 75.7 cm³/mol. The zero-order chi connectivity index (χ0) is 15.6. The highest BCUT2D eigenvalue weighted by molar-refractivity contribution is 5.59. The van der Waals surface area contributed by atoms with E-state index in [1.807, 2.05) is 6.07 Å². The van der Waals surface area contributed by atoms with Crippen molar-refractivity contribution in [3.8, 4) is 6.07 Å². The highest BCUT2D eigenvalue weighted by Crippen LogP contribution is 2.34. The number of rotatable bonds is 2. The SMILES string of the molecule is CC1CCC(Nc2ccc(C(F)(F)F)cc2C#N)C(C)C1. The van der Waals surface area contributed by atoms with E-state index in [-0.39, 0.29) is 11.6 Å². The van der Waals surface area contributed by atoms with Crippen molar-refractivity contribution in [2.75, 3.05) is 5.32 Å². The maximum atomic E-state index is 12.7. The summed E-state index contributed by atoms with van der Waals surface area (Å²) in [6.07, 6.45) is -1.24. The number of nitrogens with one attached hydrogen (secondary N) is 1. The summed E-state index contributed by atoms with van der Waals surface area (Å²) in [5.41, 5.74) is -0.234. The Hall–Kier alpha value is -1.70. The number of nitrogens with zero attached hydrogens (tertiary/aromatic N) is 1. The van der Waals surface area contributed by atoms with E-state index >= 15 is 0 Å². The van der Waals surface area contributed by atoms with Gasteiger partial charge in [-0.1, -0.05) is 13.8 Å². The third-order valence-corrected chi connectivity index (χ3v) is 4.24. The van der Waals surface area contributed by atoms with Crippen LogP contribution in [0.15, 0.2) is 18.2 Å². The largest absolute Gasteiger partial charge is 0.416 e. The van der Waals surface area contributed by atoms with E-state index in [0.717, 1.165) is 31.4 Å². The van der Waals surface area contributed by atoms with Crippen LogP contribution in [0.25, 0.3) is 0 Å². The van der Waals surface area contributed by atoms with Crippen LogP contribution >= 0.6 is 0 Å². The molecule has 0 aromatic heterocycles. The Labute approximate surface area is 123 Å². The summed E-state index contributed by atoms with van der Waals surface area (Å²) in [6.45, 7) is 4.36. The lowest BCUT2D eigenvalue weighted by Crippen LogP contribution is -2.33. The molecule has 114 valence electrons. The van der Waals surface area contributed by atoms with Crippen LogP contribution in [0.4, 0.5) is 18.9 Å². The molecule has 2 nitrogen and oxygen atoms in total. The molecular formula is C16H19F3N2. The first-order valence-corrected chi connectivity index (χ1v) is 7.19. The average Bonchev–Trinajstić information content (AvgIpc) is 2.41. The third-order valence-electron chi connectivity index (χ3n) is 4.24. The molecule has 1 saturated carbocycles. The van der Waals surface area contributed by atoms with Gasteiger partial charge in [0.15, 0.2) is 0 Å². The van der Waals surface area contributed by atoms with Crippen LogP contribution in [0.1, 0.15) is 44.2 Å². The van der Waals surface area contributed by atoms with Crippen LogP contribution in [0.2, 0.25) is 0 Å². The Morgan fingerprint density at radius 1 is 1.24 bits per heavy atom. The van der Waals surface area contributed by atoms with Crippen LogP contribution in [0.3, 0.4) is 0 Å². The molecule has 5 heteroatoms. The number of nitriles is 1. The molecule has 0 saturated heterocycles. The molecule has 1 aromatic carbocycles. The minimum Gasteiger partial charge on any atom is -0.381 e. The fourth-order valence-corrected chi connectivity index (χ4v) is 3.02. The topological polar surface area (TPSA) is 35.8 Å². The lowest BCUT2D eigenvalue weighted by molar-refractivity contribution is -0.137. The van der Waals surface area contributed by atoms with Crippen molar-refractivity contribution < 1.29 is 13.2 Å². The lowest BCUT2D eigenvalue weighted by Gasteiger charge is -2.34. The monoisotopic (exact) mass is 296 g/mol. The molecule has 1 N–H and O–H groups in total. The maximum absolute atomic E-state index is 12.7. The summed E-state index contributed by atoms with van der Waals surface area (Å²) in [6, 6.07) is 5.38. The smallest absolute Gasteiger partial charge is 0.381 e. The number of hydrogen-bond acceptors (Lipinski definition) is 2. The molecule has 1 aromatic rings. The molecular weight excluding hydrogens is 277 g/mol. The summed E-state index contributed by atoms with van der Waals surface area (Å²) in [4.78, 5) is 0. The Kier molecular flexibility index (Phi) is 4.46. The first-order valence-electron chi connectivity index (χ1n) is 7.19. The molecule has 0 aliphatic heterocycles. The zero-order valence-electron chi connectivity index (χ0n) is 12.2. The summed E-state index contributed by atoms with van der Waals surface area (Å²) < 4.78 is 38.0. The second-order valence-corrected chi connectivity index (χ2v) is 6.02. The van der Waals surface area contributed by atoms with Crippen molar-refractivity contribution in [1.29, 1.82) is 5.26 Å². The second-order valence-electron chi connectivity index (χ2n) is 6.02. The Balaban J connectivity index is 2.19. The molecule has 0 amide bonds. The van der Waals surface area contributed by atoms with E-state index in [1.165, 1.54) is 6.07 Å². The highest BCUT2D eigenvalue weighted by atomic mass is 19.4. The minimum atomic E-state index is -4.42. The third kappa shape index (κ3) is 3.69. The van der Waals surface area contributed by atoms with Gasteiger partial charge in [-0.3, -0.25) is 0 Å². The van der Waals surface area contributed by atoms with Crippen molar-refractivity contribution in [3.63, 3.8) is 0 Å². The fourth-order valence-electron chi connectivity index (χ4n) is 3.02. The van der Waals surface area contributed by atoms with Crippen LogP contribution in [0.5, 0.6) is 0 Å². The van der Waals surface area contributed by atoms with Crippen molar-refractivity contribution in [1.82, 2.24) is 0 Å². The molecule has 1 aliphatic carbocycles. The van der Waals surface area contributed by atoms with Crippen molar-refractivity contribution in [2.45, 2.75) is 45.3 Å². The normalized spacial score (nSPS) is 26.2. The summed E-state index contributed by atoms with van der Waals surface area (Å²) in [5.74, 6) is 1.13. The Morgan fingerprint density at radius 2 is 1.95 bits per heavy atom. The average molecular weight is 296 g/mol. The second kappa shape index (κ2) is 5.97. The zero-order valence-corrected chi connectivity index (χ0v) is 12.2. The van der Waals surface area contributed by atoms with Gasteiger partial charge in [0.25, 0.3) is 0 Å². The van der Waals surface area contributed by atoms with Gasteiger partial charge >= 0.3 is 6.18 Å². The van der Waals surface area contributed by atoms with Crippen molar-refractivity contribution >= 4 is 5.69 Å². The summed E-state index contributed by atoms with van der Waals surface area (Å²) >= 11 is 0. The van der Waals surface area contributed by atoms with Gasteiger partial charge < -0.3 is 5.32 Å². The van der Waals surface area contributed by atoms with Crippen LogP contribution < -0.4 is 5.32 Å². The number of anilines is 1. The standard InChI is InChI=1S/C16H19F3N2/c1-10-3-5-14(11(2)7-10)21-15-6-4-13(16(17,18)19)8-12(15)9-20/h4,6,8,10-11,14,21H,3,5,7H2,1-2H3. The van der Waals surface area contributed by atoms with E-state index in [4.69, 9.17) is 5.26 Å². The molecule has 0 heterocycles. The van der Waals surface area contributed by atoms with Gasteiger partial charge in [0.2, 0.25) is 0 Å². The van der Waals surface area contributed by atoms with Gasteiger partial charge in [0, 0.05) is 6.04 Å².